The van der Waals surface area contributed by atoms with Crippen molar-refractivity contribution in [3.8, 4) is 17.3 Å². The number of nitrogens with zero attached hydrogens (tertiary/aromatic N) is 5. The number of hydrogen-bond acceptors (Lipinski definition) is 6. The van der Waals surface area contributed by atoms with Gasteiger partial charge in [0.1, 0.15) is 0 Å². The van der Waals surface area contributed by atoms with Crippen LogP contribution in [0, 0.1) is 6.92 Å². The normalized spacial score (nSPS) is 14.4. The van der Waals surface area contributed by atoms with Crippen molar-refractivity contribution in [1.29, 1.82) is 0 Å². The minimum absolute atomic E-state index is 0.0934. The van der Waals surface area contributed by atoms with Gasteiger partial charge in [-0.1, -0.05) is 25.9 Å². The summed E-state index contributed by atoms with van der Waals surface area (Å²) in [5, 5.41) is 11.4. The molecule has 1 fully saturated rings. The van der Waals surface area contributed by atoms with Crippen molar-refractivity contribution in [2.24, 2.45) is 0 Å². The molecule has 0 saturated heterocycles. The lowest BCUT2D eigenvalue weighted by atomic mass is 9.96. The molecular formula is C19H22N6O2. The molecule has 0 radical (unpaired) electrons. The van der Waals surface area contributed by atoms with Gasteiger partial charge in [0.25, 0.3) is 11.8 Å². The van der Waals surface area contributed by atoms with E-state index < -0.39 is 0 Å². The Balaban J connectivity index is 1.64. The number of aromatic nitrogens is 5. The molecule has 1 aliphatic rings. The number of carbonyl (C=O) groups excluding carboxylic acids is 1. The Labute approximate surface area is 157 Å². The molecule has 1 aliphatic carbocycles. The van der Waals surface area contributed by atoms with Crippen molar-refractivity contribution < 1.29 is 9.32 Å². The van der Waals surface area contributed by atoms with Crippen LogP contribution in [0.1, 0.15) is 55.5 Å². The van der Waals surface area contributed by atoms with Gasteiger partial charge in [0.05, 0.1) is 17.5 Å². The first-order chi connectivity index (χ1) is 12.8. The van der Waals surface area contributed by atoms with Crippen LogP contribution in [-0.4, -0.2) is 36.9 Å². The molecule has 3 aromatic heterocycles. The summed E-state index contributed by atoms with van der Waals surface area (Å²) in [7, 11) is 0. The largest absolute Gasteiger partial charge is 0.349 e. The van der Waals surface area contributed by atoms with Crippen LogP contribution in [0.15, 0.2) is 29.0 Å². The molecule has 0 unspecified atom stereocenters. The van der Waals surface area contributed by atoms with Gasteiger partial charge >= 0.3 is 0 Å². The summed E-state index contributed by atoms with van der Waals surface area (Å²) in [4.78, 5) is 21.2. The van der Waals surface area contributed by atoms with E-state index in [0.29, 0.717) is 29.1 Å². The molecule has 27 heavy (non-hydrogen) atoms. The Hall–Kier alpha value is -3.03. The van der Waals surface area contributed by atoms with Gasteiger partial charge in [0.2, 0.25) is 0 Å². The van der Waals surface area contributed by atoms with Crippen molar-refractivity contribution in [2.75, 3.05) is 0 Å². The maximum atomic E-state index is 12.3. The highest BCUT2D eigenvalue weighted by Crippen LogP contribution is 2.25. The zero-order chi connectivity index (χ0) is 19.2. The van der Waals surface area contributed by atoms with Crippen molar-refractivity contribution in [3.63, 3.8) is 0 Å². The Bertz CT molecular complexity index is 994. The van der Waals surface area contributed by atoms with E-state index in [0.717, 1.165) is 24.1 Å². The van der Waals surface area contributed by atoms with Crippen LogP contribution in [0.5, 0.6) is 0 Å². The molecule has 140 valence electrons. The topological polar surface area (TPSA) is 98.7 Å². The summed E-state index contributed by atoms with van der Waals surface area (Å²) in [5.74, 6) is 1.57. The molecular weight excluding hydrogens is 344 g/mol. The monoisotopic (exact) mass is 366 g/mol. The zero-order valence-corrected chi connectivity index (χ0v) is 15.9. The first-order valence-corrected chi connectivity index (χ1v) is 8.99. The number of pyridine rings is 1. The number of amides is 1. The highest BCUT2D eigenvalue weighted by molar-refractivity contribution is 5.95. The molecule has 0 atom stereocenters. The van der Waals surface area contributed by atoms with Crippen LogP contribution in [-0.2, 0) is 5.41 Å². The third-order valence-electron chi connectivity index (χ3n) is 4.47. The van der Waals surface area contributed by atoms with E-state index in [-0.39, 0.29) is 11.3 Å². The fourth-order valence-corrected chi connectivity index (χ4v) is 2.67. The summed E-state index contributed by atoms with van der Waals surface area (Å²) in [6.07, 6.45) is 5.33. The van der Waals surface area contributed by atoms with Gasteiger partial charge in [-0.15, -0.1) is 0 Å². The molecule has 0 aromatic carbocycles. The minimum atomic E-state index is -0.194. The van der Waals surface area contributed by atoms with E-state index >= 15 is 0 Å². The number of rotatable bonds is 4. The summed E-state index contributed by atoms with van der Waals surface area (Å²) in [5.41, 5.74) is 1.85. The van der Waals surface area contributed by atoms with E-state index in [1.807, 2.05) is 39.8 Å². The first kappa shape index (κ1) is 17.4. The summed E-state index contributed by atoms with van der Waals surface area (Å²) in [6.45, 7) is 7.94. The van der Waals surface area contributed by atoms with Crippen LogP contribution in [0.3, 0.4) is 0 Å². The maximum Gasteiger partial charge on any atom is 0.258 e. The zero-order valence-electron chi connectivity index (χ0n) is 15.9. The highest BCUT2D eigenvalue weighted by atomic mass is 16.5. The van der Waals surface area contributed by atoms with Gasteiger partial charge < -0.3 is 9.84 Å². The predicted octanol–water partition coefficient (Wildman–Crippen LogP) is 2.82. The minimum Gasteiger partial charge on any atom is -0.349 e. The predicted molar refractivity (Wildman–Crippen MR) is 98.6 cm³/mol. The van der Waals surface area contributed by atoms with Gasteiger partial charge in [0, 0.05) is 23.2 Å². The van der Waals surface area contributed by atoms with E-state index in [1.165, 1.54) is 0 Å². The van der Waals surface area contributed by atoms with Crippen LogP contribution in [0.2, 0.25) is 0 Å². The van der Waals surface area contributed by atoms with Crippen LogP contribution >= 0.6 is 0 Å². The van der Waals surface area contributed by atoms with Gasteiger partial charge in [-0.2, -0.15) is 10.1 Å². The second-order valence-corrected chi connectivity index (χ2v) is 7.88. The van der Waals surface area contributed by atoms with E-state index in [9.17, 15) is 4.79 Å². The summed E-state index contributed by atoms with van der Waals surface area (Å²) < 4.78 is 7.05. The third kappa shape index (κ3) is 3.47. The average Bonchev–Trinajstić information content (AvgIpc) is 3.14. The van der Waals surface area contributed by atoms with Crippen LogP contribution in [0.25, 0.3) is 17.3 Å². The Morgan fingerprint density at radius 2 is 2.11 bits per heavy atom. The Morgan fingerprint density at radius 1 is 1.33 bits per heavy atom. The van der Waals surface area contributed by atoms with Crippen molar-refractivity contribution in [2.45, 2.75) is 52.0 Å². The molecule has 1 saturated carbocycles. The lowest BCUT2D eigenvalue weighted by Gasteiger charge is -2.10. The average molecular weight is 366 g/mol. The lowest BCUT2D eigenvalue weighted by molar-refractivity contribution is 0.0950. The molecule has 8 heteroatoms. The second-order valence-electron chi connectivity index (χ2n) is 7.88. The van der Waals surface area contributed by atoms with E-state index in [1.54, 1.807) is 17.1 Å². The maximum absolute atomic E-state index is 12.3. The van der Waals surface area contributed by atoms with Crippen LogP contribution in [0.4, 0.5) is 0 Å². The van der Waals surface area contributed by atoms with Gasteiger partial charge in [-0.3, -0.25) is 4.79 Å². The number of hydrogen-bond donors (Lipinski definition) is 1. The molecule has 8 nitrogen and oxygen atoms in total. The SMILES string of the molecule is Cc1c(C(=O)NC2CC2)cnn1-c1cc(-c2nc(C(C)(C)C)no2)ccn1. The van der Waals surface area contributed by atoms with Crippen LogP contribution < -0.4 is 5.32 Å². The standard InChI is InChI=1S/C19H22N6O2/c1-11-14(16(26)22-13-5-6-13)10-21-25(11)15-9-12(7-8-20-15)17-23-18(24-27-17)19(2,3)4/h7-10,13H,5-6H2,1-4H3,(H,22,26). The molecule has 0 bridgehead atoms. The Kier molecular flexibility index (Phi) is 4.05. The molecule has 1 N–H and O–H groups in total. The highest BCUT2D eigenvalue weighted by Gasteiger charge is 2.26. The molecule has 3 heterocycles. The first-order valence-electron chi connectivity index (χ1n) is 8.99. The lowest BCUT2D eigenvalue weighted by Crippen LogP contribution is -2.25. The second kappa shape index (κ2) is 6.29. The van der Waals surface area contributed by atoms with Crippen molar-refractivity contribution >= 4 is 5.91 Å². The molecule has 0 spiro atoms. The molecule has 4 rings (SSSR count). The molecule has 0 aliphatic heterocycles. The fraction of sp³-hybridized carbons (Fsp3) is 0.421. The smallest absolute Gasteiger partial charge is 0.258 e. The summed E-state index contributed by atoms with van der Waals surface area (Å²) in [6, 6.07) is 3.93. The van der Waals surface area contributed by atoms with E-state index in [4.69, 9.17) is 4.52 Å². The van der Waals surface area contributed by atoms with Crippen molar-refractivity contribution in [3.05, 3.63) is 41.6 Å². The van der Waals surface area contributed by atoms with Gasteiger partial charge in [-0.25, -0.2) is 9.67 Å². The van der Waals surface area contributed by atoms with E-state index in [2.05, 4.69) is 25.5 Å². The number of nitrogens with one attached hydrogen (secondary N) is 1. The molecule has 3 aromatic rings. The van der Waals surface area contributed by atoms with Crippen molar-refractivity contribution in [1.82, 2.24) is 30.2 Å². The third-order valence-corrected chi connectivity index (χ3v) is 4.47. The Morgan fingerprint density at radius 3 is 2.78 bits per heavy atom. The fourth-order valence-electron chi connectivity index (χ4n) is 2.67. The summed E-state index contributed by atoms with van der Waals surface area (Å²) >= 11 is 0. The van der Waals surface area contributed by atoms with Gasteiger partial charge in [-0.05, 0) is 31.9 Å². The van der Waals surface area contributed by atoms with Gasteiger partial charge in [0.15, 0.2) is 11.6 Å². The molecule has 1 amide bonds. The quantitative estimate of drug-likeness (QED) is 0.762. The number of carbonyl (C=O) groups is 1.